The van der Waals surface area contributed by atoms with E-state index in [2.05, 4.69) is 15.4 Å². The molecule has 25 heavy (non-hydrogen) atoms. The Labute approximate surface area is 144 Å². The highest BCUT2D eigenvalue weighted by atomic mass is 16.5. The van der Waals surface area contributed by atoms with Gasteiger partial charge < -0.3 is 10.1 Å². The molecule has 2 heterocycles. The summed E-state index contributed by atoms with van der Waals surface area (Å²) in [4.78, 5) is 16.4. The van der Waals surface area contributed by atoms with E-state index in [0.717, 1.165) is 5.56 Å². The summed E-state index contributed by atoms with van der Waals surface area (Å²) in [6, 6.07) is 14.7. The van der Waals surface area contributed by atoms with Crippen molar-refractivity contribution in [2.75, 3.05) is 11.9 Å². The molecule has 0 aliphatic carbocycles. The molecule has 1 amide bonds. The van der Waals surface area contributed by atoms with E-state index in [0.29, 0.717) is 11.6 Å². The molecule has 1 aromatic carbocycles. The van der Waals surface area contributed by atoms with E-state index in [1.807, 2.05) is 31.2 Å². The zero-order valence-corrected chi connectivity index (χ0v) is 13.5. The maximum absolute atomic E-state index is 12.2. The first-order chi connectivity index (χ1) is 12.2. The van der Waals surface area contributed by atoms with Crippen LogP contribution in [-0.4, -0.2) is 27.3 Å². The van der Waals surface area contributed by atoms with Gasteiger partial charge in [-0.3, -0.25) is 4.79 Å². The number of carbonyl (C=O) groups excluding carboxylic acids is 1. The van der Waals surface area contributed by atoms with Gasteiger partial charge in [-0.2, -0.15) is 15.0 Å². The number of para-hydroxylation sites is 1. The number of nitrogens with one attached hydrogen (secondary N) is 1. The molecule has 0 unspecified atom stereocenters. The maximum Gasteiger partial charge on any atom is 0.263 e. The Balaban J connectivity index is 1.76. The molecule has 0 radical (unpaired) electrons. The molecule has 0 atom stereocenters. The number of anilines is 1. The Morgan fingerprint density at radius 1 is 1.28 bits per heavy atom. The van der Waals surface area contributed by atoms with E-state index in [1.165, 1.54) is 10.9 Å². The molecule has 7 heteroatoms. The molecule has 0 spiro atoms. The summed E-state index contributed by atoms with van der Waals surface area (Å²) in [6.07, 6.45) is 2.99. The van der Waals surface area contributed by atoms with Gasteiger partial charge in [-0.15, -0.1) is 0 Å². The van der Waals surface area contributed by atoms with Crippen LogP contribution in [0.15, 0.2) is 54.9 Å². The van der Waals surface area contributed by atoms with Crippen molar-refractivity contribution < 1.29 is 9.53 Å². The Morgan fingerprint density at radius 3 is 2.80 bits per heavy atom. The van der Waals surface area contributed by atoms with Crippen LogP contribution in [0, 0.1) is 18.3 Å². The molecule has 0 saturated carbocycles. The molecule has 7 nitrogen and oxygen atoms in total. The Morgan fingerprint density at radius 2 is 2.08 bits per heavy atom. The van der Waals surface area contributed by atoms with Crippen molar-refractivity contribution in [1.29, 1.82) is 5.26 Å². The number of hydrogen-bond acceptors (Lipinski definition) is 5. The van der Waals surface area contributed by atoms with Crippen LogP contribution in [0.1, 0.15) is 11.1 Å². The summed E-state index contributed by atoms with van der Waals surface area (Å²) in [5.74, 6) is 1.01. The standard InChI is InChI=1S/C18H15N5O2/c1-13-6-2-3-7-15(13)25-12-17(24)22-18-14(10-19)11-21-23(18)16-8-4-5-9-20-16/h2-9,11H,12H2,1H3,(H,22,24). The van der Waals surface area contributed by atoms with E-state index in [9.17, 15) is 10.1 Å². The van der Waals surface area contributed by atoms with Crippen LogP contribution in [0.5, 0.6) is 5.75 Å². The first-order valence-corrected chi connectivity index (χ1v) is 7.57. The van der Waals surface area contributed by atoms with Crippen LogP contribution in [0.25, 0.3) is 5.82 Å². The number of ether oxygens (including phenoxy) is 1. The molecular weight excluding hydrogens is 318 g/mol. The van der Waals surface area contributed by atoms with E-state index in [4.69, 9.17) is 4.74 Å². The number of amides is 1. The Hall–Kier alpha value is -3.66. The molecule has 0 fully saturated rings. The van der Waals surface area contributed by atoms with Crippen LogP contribution in [-0.2, 0) is 4.79 Å². The van der Waals surface area contributed by atoms with Crippen LogP contribution < -0.4 is 10.1 Å². The second-order valence-corrected chi connectivity index (χ2v) is 5.22. The maximum atomic E-state index is 12.2. The lowest BCUT2D eigenvalue weighted by molar-refractivity contribution is -0.118. The Bertz CT molecular complexity index is 928. The number of pyridine rings is 1. The van der Waals surface area contributed by atoms with Gasteiger partial charge in [-0.05, 0) is 30.7 Å². The topological polar surface area (TPSA) is 92.8 Å². The summed E-state index contributed by atoms with van der Waals surface area (Å²) in [5, 5.41) is 16.0. The second-order valence-electron chi connectivity index (χ2n) is 5.22. The third-order valence-electron chi connectivity index (χ3n) is 3.47. The SMILES string of the molecule is Cc1ccccc1OCC(=O)Nc1c(C#N)cnn1-c1ccccn1. The minimum absolute atomic E-state index is 0.177. The van der Waals surface area contributed by atoms with Gasteiger partial charge in [0.15, 0.2) is 18.2 Å². The number of nitriles is 1. The summed E-state index contributed by atoms with van der Waals surface area (Å²) < 4.78 is 6.93. The smallest absolute Gasteiger partial charge is 0.263 e. The minimum Gasteiger partial charge on any atom is -0.483 e. The lowest BCUT2D eigenvalue weighted by Crippen LogP contribution is -2.22. The summed E-state index contributed by atoms with van der Waals surface area (Å²) in [6.45, 7) is 1.72. The summed E-state index contributed by atoms with van der Waals surface area (Å²) in [5.41, 5.74) is 1.18. The number of nitrogens with zero attached hydrogens (tertiary/aromatic N) is 4. The van der Waals surface area contributed by atoms with E-state index in [1.54, 1.807) is 30.5 Å². The highest BCUT2D eigenvalue weighted by molar-refractivity contribution is 5.92. The zero-order chi connectivity index (χ0) is 17.6. The van der Waals surface area contributed by atoms with Gasteiger partial charge in [0, 0.05) is 6.20 Å². The Kier molecular flexibility index (Phi) is 4.72. The lowest BCUT2D eigenvalue weighted by Gasteiger charge is -2.11. The van der Waals surface area contributed by atoms with Crippen molar-refractivity contribution in [3.05, 3.63) is 66.0 Å². The summed E-state index contributed by atoms with van der Waals surface area (Å²) in [7, 11) is 0. The number of benzene rings is 1. The molecule has 0 bridgehead atoms. The molecule has 3 rings (SSSR count). The van der Waals surface area contributed by atoms with Crippen molar-refractivity contribution in [2.45, 2.75) is 6.92 Å². The van der Waals surface area contributed by atoms with Crippen LogP contribution in [0.3, 0.4) is 0 Å². The van der Waals surface area contributed by atoms with Gasteiger partial charge in [-0.25, -0.2) is 4.98 Å². The average molecular weight is 333 g/mol. The van der Waals surface area contributed by atoms with Gasteiger partial charge in [0.1, 0.15) is 17.4 Å². The lowest BCUT2D eigenvalue weighted by atomic mass is 10.2. The monoisotopic (exact) mass is 333 g/mol. The summed E-state index contributed by atoms with van der Waals surface area (Å²) >= 11 is 0. The average Bonchev–Trinajstić information content (AvgIpc) is 3.04. The van der Waals surface area contributed by atoms with Crippen LogP contribution in [0.4, 0.5) is 5.82 Å². The largest absolute Gasteiger partial charge is 0.483 e. The predicted molar refractivity (Wildman–Crippen MR) is 91.4 cm³/mol. The van der Waals surface area contributed by atoms with Crippen molar-refractivity contribution in [2.24, 2.45) is 0 Å². The first kappa shape index (κ1) is 16.2. The molecule has 1 N–H and O–H groups in total. The number of rotatable bonds is 5. The molecule has 124 valence electrons. The first-order valence-electron chi connectivity index (χ1n) is 7.57. The molecule has 2 aromatic heterocycles. The van der Waals surface area contributed by atoms with Crippen molar-refractivity contribution >= 4 is 11.7 Å². The van der Waals surface area contributed by atoms with Gasteiger partial charge >= 0.3 is 0 Å². The van der Waals surface area contributed by atoms with Crippen molar-refractivity contribution in [3.63, 3.8) is 0 Å². The van der Waals surface area contributed by atoms with E-state index >= 15 is 0 Å². The molecule has 0 saturated heterocycles. The molecule has 3 aromatic rings. The van der Waals surface area contributed by atoms with Gasteiger partial charge in [0.25, 0.3) is 5.91 Å². The minimum atomic E-state index is -0.391. The fourth-order valence-electron chi connectivity index (χ4n) is 2.23. The fraction of sp³-hybridized carbons (Fsp3) is 0.111. The quantitative estimate of drug-likeness (QED) is 0.774. The van der Waals surface area contributed by atoms with Gasteiger partial charge in [-0.1, -0.05) is 24.3 Å². The third-order valence-corrected chi connectivity index (χ3v) is 3.47. The van der Waals surface area contributed by atoms with Crippen molar-refractivity contribution in [1.82, 2.24) is 14.8 Å². The fourth-order valence-corrected chi connectivity index (χ4v) is 2.23. The third kappa shape index (κ3) is 3.64. The second kappa shape index (κ2) is 7.27. The van der Waals surface area contributed by atoms with E-state index < -0.39 is 5.91 Å². The number of aromatic nitrogens is 3. The highest BCUT2D eigenvalue weighted by Gasteiger charge is 2.16. The number of hydrogen-bond donors (Lipinski definition) is 1. The number of carbonyl (C=O) groups is 1. The normalized spacial score (nSPS) is 10.1. The highest BCUT2D eigenvalue weighted by Crippen LogP contribution is 2.19. The molecular formula is C18H15N5O2. The zero-order valence-electron chi connectivity index (χ0n) is 13.5. The van der Waals surface area contributed by atoms with Crippen LogP contribution in [0.2, 0.25) is 0 Å². The van der Waals surface area contributed by atoms with Crippen molar-refractivity contribution in [3.8, 4) is 17.6 Å². The van der Waals surface area contributed by atoms with Crippen LogP contribution >= 0.6 is 0 Å². The predicted octanol–water partition coefficient (Wildman–Crippen LogP) is 2.46. The molecule has 0 aliphatic heterocycles. The number of aryl methyl sites for hydroxylation is 1. The van der Waals surface area contributed by atoms with Gasteiger partial charge in [0.2, 0.25) is 0 Å². The van der Waals surface area contributed by atoms with E-state index in [-0.39, 0.29) is 18.0 Å². The molecule has 0 aliphatic rings. The van der Waals surface area contributed by atoms with Gasteiger partial charge in [0.05, 0.1) is 6.20 Å².